The summed E-state index contributed by atoms with van der Waals surface area (Å²) in [6.07, 6.45) is 3.84. The van der Waals surface area contributed by atoms with Gasteiger partial charge in [-0.3, -0.25) is 9.63 Å². The molecule has 1 N–H and O–H groups in total. The second-order valence-corrected chi connectivity index (χ2v) is 6.46. The zero-order valence-corrected chi connectivity index (χ0v) is 13.6. The number of benzene rings is 1. The van der Waals surface area contributed by atoms with Gasteiger partial charge in [0.25, 0.3) is 0 Å². The second kappa shape index (κ2) is 5.16. The number of phenolic OH excluding ortho intramolecular Hbond substituents is 1. The summed E-state index contributed by atoms with van der Waals surface area (Å²) < 4.78 is 6.27. The molecule has 3 rings (SSSR count). The molecular weight excluding hydrogens is 282 g/mol. The number of nitrogens with zero attached hydrogens (tertiary/aromatic N) is 1. The molecule has 1 aromatic rings. The molecule has 1 heterocycles. The Morgan fingerprint density at radius 2 is 2.14 bits per heavy atom. The molecule has 0 saturated heterocycles. The molecule has 22 heavy (non-hydrogen) atoms. The number of aromatic hydroxyl groups is 1. The lowest BCUT2D eigenvalue weighted by Crippen LogP contribution is -2.50. The number of hydroxylamine groups is 2. The minimum atomic E-state index is -0.224. The molecule has 1 aliphatic heterocycles. The lowest BCUT2D eigenvalue weighted by Gasteiger charge is -2.49. The van der Waals surface area contributed by atoms with Crippen LogP contribution < -0.4 is 4.74 Å². The van der Waals surface area contributed by atoms with E-state index in [1.54, 1.807) is 0 Å². The van der Waals surface area contributed by atoms with Crippen molar-refractivity contribution in [3.8, 4) is 11.5 Å². The van der Waals surface area contributed by atoms with Crippen LogP contribution >= 0.6 is 0 Å². The third-order valence-corrected chi connectivity index (χ3v) is 5.03. The molecule has 5 heteroatoms. The Morgan fingerprint density at radius 3 is 2.64 bits per heavy atom. The number of aryl methyl sites for hydroxylation is 1. The summed E-state index contributed by atoms with van der Waals surface area (Å²) in [4.78, 5) is 17.3. The maximum atomic E-state index is 12.0. The quantitative estimate of drug-likeness (QED) is 0.853. The fourth-order valence-corrected chi connectivity index (χ4v) is 3.73. The largest absolute Gasteiger partial charge is 0.507 e. The minimum Gasteiger partial charge on any atom is -0.507 e. The van der Waals surface area contributed by atoms with Crippen molar-refractivity contribution in [3.63, 3.8) is 0 Å². The van der Waals surface area contributed by atoms with Gasteiger partial charge in [0, 0.05) is 24.5 Å². The minimum absolute atomic E-state index is 0.144. The highest BCUT2D eigenvalue weighted by Crippen LogP contribution is 2.53. The summed E-state index contributed by atoms with van der Waals surface area (Å²) in [6, 6.07) is 1.65. The van der Waals surface area contributed by atoms with Crippen molar-refractivity contribution in [3.05, 3.63) is 22.8 Å². The molecule has 1 spiro atoms. The number of fused-ring (bicyclic) bond motifs is 1. The van der Waals surface area contributed by atoms with Gasteiger partial charge in [0.15, 0.2) is 0 Å². The van der Waals surface area contributed by atoms with E-state index >= 15 is 0 Å². The number of rotatable bonds is 2. The van der Waals surface area contributed by atoms with Gasteiger partial charge in [-0.25, -0.2) is 5.06 Å². The zero-order valence-electron chi connectivity index (χ0n) is 13.6. The van der Waals surface area contributed by atoms with E-state index in [1.807, 2.05) is 19.9 Å². The van der Waals surface area contributed by atoms with E-state index in [-0.39, 0.29) is 23.3 Å². The Labute approximate surface area is 130 Å². The standard InChI is InChI=1S/C17H23NO4/c1-10-8-14-15(11(2)16(10)20)13(18(21-4)12(3)19)9-17(22-14)6-5-7-17/h8,13,20H,5-7,9H2,1-4H3. The third-order valence-electron chi connectivity index (χ3n) is 5.03. The van der Waals surface area contributed by atoms with E-state index in [2.05, 4.69) is 0 Å². The Morgan fingerprint density at radius 1 is 1.45 bits per heavy atom. The Balaban J connectivity index is 2.14. The van der Waals surface area contributed by atoms with Crippen LogP contribution in [0.4, 0.5) is 0 Å². The van der Waals surface area contributed by atoms with Crippen molar-refractivity contribution in [2.24, 2.45) is 0 Å². The van der Waals surface area contributed by atoms with Gasteiger partial charge < -0.3 is 9.84 Å². The van der Waals surface area contributed by atoms with Gasteiger partial charge in [0.2, 0.25) is 5.91 Å². The van der Waals surface area contributed by atoms with Crippen molar-refractivity contribution < 1.29 is 19.5 Å². The van der Waals surface area contributed by atoms with Crippen LogP contribution in [0.3, 0.4) is 0 Å². The topological polar surface area (TPSA) is 59.0 Å². The number of hydrogen-bond donors (Lipinski definition) is 1. The molecule has 1 aromatic carbocycles. The lowest BCUT2D eigenvalue weighted by atomic mass is 9.72. The summed E-state index contributed by atoms with van der Waals surface area (Å²) in [5, 5.41) is 11.7. The SMILES string of the molecule is CON(C(C)=O)C1CC2(CCC2)Oc2cc(C)c(O)c(C)c21. The third kappa shape index (κ3) is 2.15. The summed E-state index contributed by atoms with van der Waals surface area (Å²) >= 11 is 0. The van der Waals surface area contributed by atoms with Crippen LogP contribution in [0.15, 0.2) is 6.07 Å². The van der Waals surface area contributed by atoms with Crippen LogP contribution in [0, 0.1) is 13.8 Å². The number of carbonyl (C=O) groups is 1. The fraction of sp³-hybridized carbons (Fsp3) is 0.588. The van der Waals surface area contributed by atoms with Gasteiger partial charge in [-0.05, 0) is 44.7 Å². The van der Waals surface area contributed by atoms with Crippen LogP contribution in [0.25, 0.3) is 0 Å². The molecule has 1 fully saturated rings. The molecule has 1 atom stereocenters. The normalized spacial score (nSPS) is 21.7. The first-order valence-electron chi connectivity index (χ1n) is 7.74. The maximum absolute atomic E-state index is 12.0. The average molecular weight is 305 g/mol. The van der Waals surface area contributed by atoms with Gasteiger partial charge >= 0.3 is 0 Å². The molecule has 0 aromatic heterocycles. The Bertz CT molecular complexity index is 622. The molecular formula is C17H23NO4. The van der Waals surface area contributed by atoms with E-state index in [0.717, 1.165) is 41.7 Å². The number of phenols is 1. The van der Waals surface area contributed by atoms with E-state index in [1.165, 1.54) is 19.1 Å². The number of amides is 1. The van der Waals surface area contributed by atoms with Crippen molar-refractivity contribution in [1.82, 2.24) is 5.06 Å². The summed E-state index contributed by atoms with van der Waals surface area (Å²) in [5.74, 6) is 0.887. The van der Waals surface area contributed by atoms with E-state index in [9.17, 15) is 9.90 Å². The van der Waals surface area contributed by atoms with Crippen molar-refractivity contribution >= 4 is 5.91 Å². The van der Waals surface area contributed by atoms with Gasteiger partial charge in [0.05, 0.1) is 13.2 Å². The predicted octanol–water partition coefficient (Wildman–Crippen LogP) is 3.17. The average Bonchev–Trinajstić information content (AvgIpc) is 2.43. The highest BCUT2D eigenvalue weighted by atomic mass is 16.7. The van der Waals surface area contributed by atoms with Crippen molar-refractivity contribution in [2.45, 2.75) is 58.1 Å². The Kier molecular flexibility index (Phi) is 3.56. The first-order valence-corrected chi connectivity index (χ1v) is 7.74. The van der Waals surface area contributed by atoms with Crippen molar-refractivity contribution in [2.75, 3.05) is 7.11 Å². The summed E-state index contributed by atoms with van der Waals surface area (Å²) in [5.41, 5.74) is 2.22. The predicted molar refractivity (Wildman–Crippen MR) is 81.7 cm³/mol. The molecule has 1 saturated carbocycles. The number of hydrogen-bond acceptors (Lipinski definition) is 4. The van der Waals surface area contributed by atoms with Crippen LogP contribution in [0.2, 0.25) is 0 Å². The van der Waals surface area contributed by atoms with Gasteiger partial charge in [0.1, 0.15) is 17.1 Å². The van der Waals surface area contributed by atoms with Gasteiger partial charge in [-0.2, -0.15) is 0 Å². The van der Waals surface area contributed by atoms with Crippen LogP contribution in [-0.4, -0.2) is 28.8 Å². The molecule has 0 radical (unpaired) electrons. The van der Waals surface area contributed by atoms with Crippen LogP contribution in [0.5, 0.6) is 11.5 Å². The fourth-order valence-electron chi connectivity index (χ4n) is 3.73. The van der Waals surface area contributed by atoms with Gasteiger partial charge in [-0.15, -0.1) is 0 Å². The molecule has 1 unspecified atom stereocenters. The highest BCUT2D eigenvalue weighted by Gasteiger charge is 2.48. The van der Waals surface area contributed by atoms with Gasteiger partial charge in [-0.1, -0.05) is 0 Å². The van der Waals surface area contributed by atoms with E-state index < -0.39 is 0 Å². The Hall–Kier alpha value is -1.75. The van der Waals surface area contributed by atoms with Crippen molar-refractivity contribution in [1.29, 1.82) is 0 Å². The highest BCUT2D eigenvalue weighted by molar-refractivity contribution is 5.73. The maximum Gasteiger partial charge on any atom is 0.243 e. The lowest BCUT2D eigenvalue weighted by molar-refractivity contribution is -0.198. The van der Waals surface area contributed by atoms with Crippen LogP contribution in [-0.2, 0) is 9.63 Å². The monoisotopic (exact) mass is 305 g/mol. The van der Waals surface area contributed by atoms with E-state index in [0.29, 0.717) is 6.42 Å². The molecule has 5 nitrogen and oxygen atoms in total. The molecule has 2 aliphatic rings. The molecule has 1 aliphatic carbocycles. The first-order chi connectivity index (χ1) is 10.4. The number of ether oxygens (including phenoxy) is 1. The van der Waals surface area contributed by atoms with Crippen LogP contribution in [0.1, 0.15) is 55.3 Å². The molecule has 0 bridgehead atoms. The second-order valence-electron chi connectivity index (χ2n) is 6.46. The summed E-state index contributed by atoms with van der Waals surface area (Å²) in [7, 11) is 1.51. The zero-order chi connectivity index (χ0) is 16.1. The summed E-state index contributed by atoms with van der Waals surface area (Å²) in [6.45, 7) is 5.22. The smallest absolute Gasteiger partial charge is 0.243 e. The molecule has 120 valence electrons. The number of carbonyl (C=O) groups excluding carboxylic acids is 1. The van der Waals surface area contributed by atoms with E-state index in [4.69, 9.17) is 9.57 Å². The first kappa shape index (κ1) is 15.2. The molecule has 1 amide bonds.